The smallest absolute Gasteiger partial charge is 0.307 e. The Morgan fingerprint density at radius 2 is 1.09 bits per heavy atom. The van der Waals surface area contributed by atoms with E-state index in [-0.39, 0.29) is 23.7 Å². The average Bonchev–Trinajstić information content (AvgIpc) is 3.94. The molecule has 0 aliphatic heterocycles. The van der Waals surface area contributed by atoms with Crippen LogP contribution in [0.4, 0.5) is 0 Å². The molecule has 3 aliphatic rings. The van der Waals surface area contributed by atoms with E-state index in [2.05, 4.69) is 82.6 Å². The van der Waals surface area contributed by atoms with E-state index in [1.54, 1.807) is 0 Å². The third-order valence-electron chi connectivity index (χ3n) is 8.73. The van der Waals surface area contributed by atoms with Crippen molar-refractivity contribution in [3.05, 3.63) is 104 Å². The number of carboxylic acids is 2. The average molecular weight is 731 g/mol. The van der Waals surface area contributed by atoms with Crippen LogP contribution in [0.2, 0.25) is 0 Å². The Labute approximate surface area is 279 Å². The maximum absolute atomic E-state index is 10.6. The Hall–Kier alpha value is -2.48. The number of carbonyl (C=O) groups is 2. The van der Waals surface area contributed by atoms with Crippen molar-refractivity contribution in [3.63, 3.8) is 0 Å². The van der Waals surface area contributed by atoms with E-state index >= 15 is 0 Å². The van der Waals surface area contributed by atoms with E-state index < -0.39 is 11.9 Å². The lowest BCUT2D eigenvalue weighted by molar-refractivity contribution is -0.428. The highest BCUT2D eigenvalue weighted by Crippen LogP contribution is 2.48. The number of rotatable bonds is 6. The van der Waals surface area contributed by atoms with Crippen LogP contribution in [-0.4, -0.2) is 28.2 Å². The van der Waals surface area contributed by atoms with Gasteiger partial charge in [0.2, 0.25) is 0 Å². The summed E-state index contributed by atoms with van der Waals surface area (Å²) in [5, 5.41) is 17.5. The SMILES string of the molecule is CC(C)c1ccccc1.C[C@@H]([NH3+])C1CCCCC1.O=C(O)C1CC1c1ccc(Br)cc1.O=C(O)C1CC1c1ccc(Br)cc1. The molecule has 5 N–H and O–H groups in total. The fourth-order valence-corrected chi connectivity index (χ4v) is 6.16. The lowest BCUT2D eigenvalue weighted by Crippen LogP contribution is -2.62. The Balaban J connectivity index is 0.000000163. The highest BCUT2D eigenvalue weighted by atomic mass is 79.9. The molecule has 6 rings (SSSR count). The van der Waals surface area contributed by atoms with Crippen LogP contribution in [0.1, 0.15) is 100 Å². The molecule has 0 heterocycles. The predicted molar refractivity (Wildman–Crippen MR) is 185 cm³/mol. The van der Waals surface area contributed by atoms with Crippen LogP contribution < -0.4 is 5.73 Å². The minimum absolute atomic E-state index is 0.152. The number of halogens is 2. The summed E-state index contributed by atoms with van der Waals surface area (Å²) in [4.78, 5) is 21.2. The molecule has 0 saturated heterocycles. The molecule has 3 aromatic carbocycles. The van der Waals surface area contributed by atoms with Gasteiger partial charge in [-0.1, -0.05) is 120 Å². The quantitative estimate of drug-likeness (QED) is 0.235. The van der Waals surface area contributed by atoms with Crippen LogP contribution in [0.15, 0.2) is 87.8 Å². The largest absolute Gasteiger partial charge is 0.481 e. The van der Waals surface area contributed by atoms with Crippen molar-refractivity contribution in [2.24, 2.45) is 17.8 Å². The number of aliphatic carboxylic acids is 2. The van der Waals surface area contributed by atoms with Gasteiger partial charge in [-0.2, -0.15) is 0 Å². The van der Waals surface area contributed by atoms with Crippen LogP contribution in [0.3, 0.4) is 0 Å². The fourth-order valence-electron chi connectivity index (χ4n) is 5.63. The number of benzene rings is 3. The van der Waals surface area contributed by atoms with Crippen molar-refractivity contribution in [3.8, 4) is 0 Å². The van der Waals surface area contributed by atoms with Gasteiger partial charge in [-0.3, -0.25) is 9.59 Å². The molecular formula is C37H48Br2NO4+. The molecule has 0 spiro atoms. The zero-order valence-electron chi connectivity index (χ0n) is 26.2. The molecule has 5 nitrogen and oxygen atoms in total. The molecule has 44 heavy (non-hydrogen) atoms. The van der Waals surface area contributed by atoms with Gasteiger partial charge >= 0.3 is 11.9 Å². The first-order chi connectivity index (χ1) is 21.0. The van der Waals surface area contributed by atoms with E-state index in [1.807, 2.05) is 54.6 Å². The summed E-state index contributed by atoms with van der Waals surface area (Å²) < 4.78 is 2.06. The third-order valence-corrected chi connectivity index (χ3v) is 9.79. The molecule has 7 heteroatoms. The molecule has 0 bridgehead atoms. The van der Waals surface area contributed by atoms with Crippen LogP contribution in [-0.2, 0) is 9.59 Å². The Kier molecular flexibility index (Phi) is 14.6. The summed E-state index contributed by atoms with van der Waals surface area (Å²) in [6.07, 6.45) is 8.81. The van der Waals surface area contributed by atoms with Crippen LogP contribution in [0, 0.1) is 17.8 Å². The van der Waals surface area contributed by atoms with E-state index in [1.165, 1.54) is 37.7 Å². The van der Waals surface area contributed by atoms with Gasteiger partial charge in [-0.05, 0) is 91.3 Å². The maximum Gasteiger partial charge on any atom is 0.307 e. The van der Waals surface area contributed by atoms with Gasteiger partial charge in [0.25, 0.3) is 0 Å². The number of hydrogen-bond donors (Lipinski definition) is 3. The zero-order chi connectivity index (χ0) is 32.2. The normalized spacial score (nSPS) is 22.5. The fraction of sp³-hybridized carbons (Fsp3) is 0.459. The van der Waals surface area contributed by atoms with E-state index in [0.717, 1.165) is 38.8 Å². The second-order valence-corrected chi connectivity index (χ2v) is 14.4. The minimum Gasteiger partial charge on any atom is -0.481 e. The van der Waals surface area contributed by atoms with Gasteiger partial charge in [-0.25, -0.2) is 0 Å². The second kappa shape index (κ2) is 17.9. The third kappa shape index (κ3) is 12.1. The van der Waals surface area contributed by atoms with Crippen molar-refractivity contribution in [2.75, 3.05) is 0 Å². The van der Waals surface area contributed by atoms with Gasteiger partial charge < -0.3 is 15.9 Å². The topological polar surface area (TPSA) is 102 Å². The minimum atomic E-state index is -0.673. The van der Waals surface area contributed by atoms with Gasteiger partial charge in [0.1, 0.15) is 0 Å². The van der Waals surface area contributed by atoms with Gasteiger partial charge in [0.05, 0.1) is 17.9 Å². The molecule has 0 aromatic heterocycles. The van der Waals surface area contributed by atoms with Crippen molar-refractivity contribution < 1.29 is 25.5 Å². The van der Waals surface area contributed by atoms with Crippen molar-refractivity contribution in [1.29, 1.82) is 0 Å². The molecule has 4 unspecified atom stereocenters. The summed E-state index contributed by atoms with van der Waals surface area (Å²) in [6, 6.07) is 26.9. The standard InChI is InChI=1S/2C10H9BrO2.C9H12.C8H17N/c2*11-7-3-1-6(2-4-7)8-5-9(8)10(12)13;1-8(2)9-6-4-3-5-7-9;1-7(9)8-5-3-2-4-6-8/h2*1-4,8-9H,5H2,(H,12,13);3-8H,1-2H3;7-8H,2-6,9H2,1H3/p+1/t;;;7-/m...1/s1. The highest BCUT2D eigenvalue weighted by molar-refractivity contribution is 9.10. The molecule has 3 fully saturated rings. The van der Waals surface area contributed by atoms with Crippen LogP contribution in [0.5, 0.6) is 0 Å². The zero-order valence-corrected chi connectivity index (χ0v) is 29.3. The monoisotopic (exact) mass is 728 g/mol. The van der Waals surface area contributed by atoms with Crippen molar-refractivity contribution in [2.45, 2.75) is 89.5 Å². The van der Waals surface area contributed by atoms with E-state index in [9.17, 15) is 9.59 Å². The van der Waals surface area contributed by atoms with Crippen molar-refractivity contribution >= 4 is 43.8 Å². The van der Waals surface area contributed by atoms with Gasteiger partial charge in [-0.15, -0.1) is 0 Å². The highest BCUT2D eigenvalue weighted by Gasteiger charge is 2.44. The number of hydrogen-bond acceptors (Lipinski definition) is 2. The Morgan fingerprint density at radius 3 is 1.36 bits per heavy atom. The maximum atomic E-state index is 10.6. The Morgan fingerprint density at radius 1 is 0.682 bits per heavy atom. The lowest BCUT2D eigenvalue weighted by atomic mass is 9.85. The lowest BCUT2D eigenvalue weighted by Gasteiger charge is -2.22. The van der Waals surface area contributed by atoms with E-state index in [4.69, 9.17) is 10.2 Å². The first-order valence-electron chi connectivity index (χ1n) is 15.8. The number of quaternary nitrogens is 1. The molecule has 3 aromatic rings. The second-order valence-electron chi connectivity index (χ2n) is 12.6. The summed E-state index contributed by atoms with van der Waals surface area (Å²) >= 11 is 6.69. The molecule has 0 radical (unpaired) electrons. The van der Waals surface area contributed by atoms with Crippen molar-refractivity contribution in [1.82, 2.24) is 0 Å². The summed E-state index contributed by atoms with van der Waals surface area (Å²) in [6.45, 7) is 6.65. The van der Waals surface area contributed by atoms with E-state index in [0.29, 0.717) is 12.0 Å². The van der Waals surface area contributed by atoms with Crippen LogP contribution >= 0.6 is 31.9 Å². The molecule has 3 saturated carbocycles. The van der Waals surface area contributed by atoms with Gasteiger partial charge in [0, 0.05) is 14.9 Å². The predicted octanol–water partition coefficient (Wildman–Crippen LogP) is 9.28. The molecular weight excluding hydrogens is 682 g/mol. The molecule has 238 valence electrons. The first-order valence-corrected chi connectivity index (χ1v) is 17.4. The summed E-state index contributed by atoms with van der Waals surface area (Å²) in [5.74, 6) is 0.435. The van der Waals surface area contributed by atoms with Crippen LogP contribution in [0.25, 0.3) is 0 Å². The summed E-state index contributed by atoms with van der Waals surface area (Å²) in [5.41, 5.74) is 7.75. The number of carboxylic acid groups (broad SMARTS) is 2. The van der Waals surface area contributed by atoms with Gasteiger partial charge in [0.15, 0.2) is 0 Å². The molecule has 3 aliphatic carbocycles. The molecule has 0 amide bonds. The first kappa shape index (κ1) is 36.0. The summed E-state index contributed by atoms with van der Waals surface area (Å²) in [7, 11) is 0. The molecule has 5 atom stereocenters. The Bertz CT molecular complexity index is 1220.